The Morgan fingerprint density at radius 2 is 1.82 bits per heavy atom. The molecule has 0 fully saturated rings. The van der Waals surface area contributed by atoms with E-state index in [0.29, 0.717) is 33.6 Å². The topological polar surface area (TPSA) is 93.0 Å². The minimum atomic E-state index is -0.621. The Kier molecular flexibility index (Phi) is 14.7. The normalized spacial score (nSPS) is 12.7. The first-order valence-electron chi connectivity index (χ1n) is 17.0. The fourth-order valence-electron chi connectivity index (χ4n) is 6.06. The molecule has 0 aliphatic rings. The number of aromatic nitrogens is 4. The zero-order chi connectivity index (χ0) is 37.2. The summed E-state index contributed by atoms with van der Waals surface area (Å²) in [6, 6.07) is 18.0. The maximum Gasteiger partial charge on any atom is 0.305 e. The number of rotatable bonds is 16. The van der Waals surface area contributed by atoms with E-state index in [4.69, 9.17) is 14.8 Å². The molecule has 274 valence electrons. The quantitative estimate of drug-likeness (QED) is 0.0590. The van der Waals surface area contributed by atoms with Gasteiger partial charge in [0.15, 0.2) is 11.6 Å². The van der Waals surface area contributed by atoms with Gasteiger partial charge in [-0.05, 0) is 84.9 Å². The van der Waals surface area contributed by atoms with Crippen LogP contribution in [0.25, 0.3) is 22.3 Å². The van der Waals surface area contributed by atoms with Crippen molar-refractivity contribution < 1.29 is 23.4 Å². The molecule has 0 aliphatic carbocycles. The van der Waals surface area contributed by atoms with Crippen molar-refractivity contribution in [3.05, 3.63) is 95.4 Å². The number of hydrogen-bond acceptors (Lipinski definition) is 7. The predicted molar refractivity (Wildman–Crippen MR) is 210 cm³/mol. The van der Waals surface area contributed by atoms with Gasteiger partial charge >= 0.3 is 5.97 Å². The molecule has 2 aromatic heterocycles. The third-order valence-corrected chi connectivity index (χ3v) is 11.4. The van der Waals surface area contributed by atoms with E-state index in [0.717, 1.165) is 47.0 Å². The smallest absolute Gasteiger partial charge is 0.305 e. The van der Waals surface area contributed by atoms with E-state index < -0.39 is 11.2 Å². The summed E-state index contributed by atoms with van der Waals surface area (Å²) in [6.45, 7) is 8.70. The number of aliphatic hydroxyl groups is 1. The van der Waals surface area contributed by atoms with Gasteiger partial charge in [0.1, 0.15) is 11.6 Å². The van der Waals surface area contributed by atoms with Crippen molar-refractivity contribution in [2.75, 3.05) is 31.9 Å². The molecule has 0 saturated carbocycles. The Balaban J connectivity index is 0.00000286. The first-order valence-corrected chi connectivity index (χ1v) is 20.1. The summed E-state index contributed by atoms with van der Waals surface area (Å²) in [4.78, 5) is 21.0. The van der Waals surface area contributed by atoms with Crippen LogP contribution in [-0.4, -0.2) is 62.7 Å². The van der Waals surface area contributed by atoms with Crippen LogP contribution in [0.5, 0.6) is 0 Å². The molecule has 0 aliphatic heterocycles. The molecule has 5 aromatic rings. The van der Waals surface area contributed by atoms with Crippen molar-refractivity contribution in [3.63, 3.8) is 0 Å². The minimum Gasteiger partial charge on any atom is -0.469 e. The van der Waals surface area contributed by atoms with E-state index >= 15 is 4.39 Å². The summed E-state index contributed by atoms with van der Waals surface area (Å²) in [5, 5.41) is 15.0. The Bertz CT molecular complexity index is 1910. The van der Waals surface area contributed by atoms with E-state index in [2.05, 4.69) is 47.1 Å². The van der Waals surface area contributed by atoms with Crippen molar-refractivity contribution in [1.29, 1.82) is 0 Å². The third-order valence-electron chi connectivity index (χ3n) is 8.94. The lowest BCUT2D eigenvalue weighted by molar-refractivity contribution is -0.140. The summed E-state index contributed by atoms with van der Waals surface area (Å²) in [6.07, 6.45) is 5.18. The van der Waals surface area contributed by atoms with Crippen LogP contribution in [0.3, 0.4) is 0 Å². The zero-order valence-electron chi connectivity index (χ0n) is 30.3. The molecular formula is C39H49F2N4O3PS2. The molecule has 2 N–H and O–H groups in total. The van der Waals surface area contributed by atoms with E-state index in [9.17, 15) is 14.3 Å². The number of H-pyrrole nitrogens is 1. The molecule has 51 heavy (non-hydrogen) atoms. The van der Waals surface area contributed by atoms with Crippen LogP contribution in [0.15, 0.2) is 76.7 Å². The lowest BCUT2D eigenvalue weighted by Crippen LogP contribution is -2.27. The van der Waals surface area contributed by atoms with Gasteiger partial charge in [0.25, 0.3) is 0 Å². The molecule has 0 amide bonds. The van der Waals surface area contributed by atoms with Gasteiger partial charge in [-0.15, -0.1) is 9.24 Å². The maximum atomic E-state index is 15.5. The number of halogens is 2. The summed E-state index contributed by atoms with van der Waals surface area (Å²) in [5.74, 6) is 1.55. The van der Waals surface area contributed by atoms with Crippen LogP contribution in [0.2, 0.25) is 0 Å². The fourth-order valence-corrected chi connectivity index (χ4v) is 7.94. The Hall–Kier alpha value is -3.24. The van der Waals surface area contributed by atoms with Gasteiger partial charge < -0.3 is 14.8 Å². The Morgan fingerprint density at radius 3 is 2.57 bits per heavy atom. The average molecular weight is 755 g/mol. The lowest BCUT2D eigenvalue weighted by atomic mass is 9.75. The number of carbonyl (C=O) groups is 1. The molecular weight excluding hydrogens is 706 g/mol. The number of benzene rings is 3. The van der Waals surface area contributed by atoms with Crippen LogP contribution in [-0.2, 0) is 28.4 Å². The number of nitrogens with one attached hydrogen (secondary N) is 1. The Labute approximate surface area is 311 Å². The van der Waals surface area contributed by atoms with Crippen molar-refractivity contribution >= 4 is 49.6 Å². The highest BCUT2D eigenvalue weighted by atomic mass is 32.2. The SMILES string of the molecule is COC(=O)CCc1cccc(C(C)(CCCC(C)(C)CSCCO)c2nc(-c3cc(Sc4cc5cc[nH]c5cc4F)ccc3F)n(C)n2)c1.CP. The van der Waals surface area contributed by atoms with Crippen LogP contribution in [0, 0.1) is 17.0 Å². The number of esters is 1. The highest BCUT2D eigenvalue weighted by Crippen LogP contribution is 2.40. The van der Waals surface area contributed by atoms with Gasteiger partial charge in [0, 0.05) is 46.1 Å². The van der Waals surface area contributed by atoms with Crippen LogP contribution in [0.4, 0.5) is 8.78 Å². The van der Waals surface area contributed by atoms with Crippen LogP contribution in [0.1, 0.15) is 63.4 Å². The molecule has 2 unspecified atom stereocenters. The molecule has 5 rings (SSSR count). The summed E-state index contributed by atoms with van der Waals surface area (Å²) < 4.78 is 36.9. The first-order chi connectivity index (χ1) is 24.4. The summed E-state index contributed by atoms with van der Waals surface area (Å²) in [5.41, 5.74) is 2.47. The molecule has 12 heteroatoms. The number of fused-ring (bicyclic) bond motifs is 1. The van der Waals surface area contributed by atoms with Gasteiger partial charge in [-0.25, -0.2) is 18.4 Å². The number of thioether (sulfide) groups is 1. The molecule has 0 bridgehead atoms. The highest BCUT2D eigenvalue weighted by molar-refractivity contribution is 7.99. The van der Waals surface area contributed by atoms with E-state index in [1.165, 1.54) is 31.0 Å². The predicted octanol–water partition coefficient (Wildman–Crippen LogP) is 9.22. The highest BCUT2D eigenvalue weighted by Gasteiger charge is 2.35. The van der Waals surface area contributed by atoms with Gasteiger partial charge in [0.2, 0.25) is 0 Å². The fraction of sp³-hybridized carbons (Fsp3) is 0.410. The average Bonchev–Trinajstić information content (AvgIpc) is 3.75. The van der Waals surface area contributed by atoms with Gasteiger partial charge in [-0.3, -0.25) is 4.79 Å². The number of methoxy groups -OCH3 is 1. The molecule has 2 atom stereocenters. The standard InChI is InChI=1S/C38H44F2N4O3S2.CH5P/c1-37(2,24-48-19-18-45)15-7-16-38(3,27-9-6-8-25(20-27)10-13-34(46)47-5)36-42-35(44(4)43-36)29-22-28(11-12-30(29)39)49-33-21-26-14-17-41-32(26)23-31(33)40;1-2/h6,8-9,11-12,14,17,20-23,41,45H,7,10,13,15-16,18-19,24H2,1-5H3;2H2,1H3. The van der Waals surface area contributed by atoms with E-state index in [1.807, 2.05) is 24.9 Å². The van der Waals surface area contributed by atoms with Crippen LogP contribution < -0.4 is 0 Å². The number of aryl methyl sites for hydroxylation is 2. The molecule has 0 spiro atoms. The number of hydrogen-bond donors (Lipinski definition) is 2. The van der Waals surface area contributed by atoms with Crippen molar-refractivity contribution in [2.45, 2.75) is 68.1 Å². The zero-order valence-corrected chi connectivity index (χ0v) is 33.1. The second kappa shape index (κ2) is 18.5. The lowest BCUT2D eigenvalue weighted by Gasteiger charge is -2.30. The number of aromatic amines is 1. The molecule has 2 heterocycles. The molecule has 0 radical (unpaired) electrons. The molecule has 0 saturated heterocycles. The third kappa shape index (κ3) is 10.4. The van der Waals surface area contributed by atoms with Gasteiger partial charge in [-0.2, -0.15) is 16.9 Å². The second-order valence-corrected chi connectivity index (χ2v) is 15.6. The van der Waals surface area contributed by atoms with Crippen LogP contribution >= 0.6 is 32.8 Å². The van der Waals surface area contributed by atoms with Crippen molar-refractivity contribution in [3.8, 4) is 11.4 Å². The Morgan fingerprint density at radius 1 is 1.04 bits per heavy atom. The molecule has 3 aromatic carbocycles. The largest absolute Gasteiger partial charge is 0.469 e. The van der Waals surface area contributed by atoms with Crippen molar-refractivity contribution in [1.82, 2.24) is 19.7 Å². The van der Waals surface area contributed by atoms with E-state index in [-0.39, 0.29) is 35.8 Å². The molecule has 7 nitrogen and oxygen atoms in total. The van der Waals surface area contributed by atoms with Crippen molar-refractivity contribution in [2.24, 2.45) is 12.5 Å². The second-order valence-electron chi connectivity index (χ2n) is 13.4. The minimum absolute atomic E-state index is 0.0676. The number of ether oxygens (including phenoxy) is 1. The first kappa shape index (κ1) is 40.5. The summed E-state index contributed by atoms with van der Waals surface area (Å²) in [7, 11) is 5.57. The maximum absolute atomic E-state index is 15.5. The summed E-state index contributed by atoms with van der Waals surface area (Å²) >= 11 is 2.99. The van der Waals surface area contributed by atoms with E-state index in [1.54, 1.807) is 47.9 Å². The van der Waals surface area contributed by atoms with Gasteiger partial charge in [-0.1, -0.05) is 63.0 Å². The number of carbonyl (C=O) groups excluding carboxylic acids is 1. The monoisotopic (exact) mass is 754 g/mol. The van der Waals surface area contributed by atoms with Gasteiger partial charge in [0.05, 0.1) is 24.7 Å². The number of nitrogens with zero attached hydrogens (tertiary/aromatic N) is 3. The number of aliphatic hydroxyl groups excluding tert-OH is 1.